The largest absolute Gasteiger partial charge is 0.248 e. The van der Waals surface area contributed by atoms with Gasteiger partial charge in [-0.2, -0.15) is 5.10 Å². The third kappa shape index (κ3) is 3.27. The molecule has 1 N–H and O–H groups in total. The zero-order chi connectivity index (χ0) is 16.6. The summed E-state index contributed by atoms with van der Waals surface area (Å²) in [6.07, 6.45) is 2.20. The SMILES string of the molecule is CCc1nc2n(n1)C[C@H](NS(=O)(=O)c1cccc(Cl)c1C)CC2. The van der Waals surface area contributed by atoms with E-state index in [0.29, 0.717) is 30.0 Å². The quantitative estimate of drug-likeness (QED) is 0.912. The van der Waals surface area contributed by atoms with Gasteiger partial charge in [0, 0.05) is 23.9 Å². The maximum Gasteiger partial charge on any atom is 0.241 e. The normalized spacial score (nSPS) is 18.0. The molecule has 1 atom stereocenters. The van der Waals surface area contributed by atoms with Gasteiger partial charge in [0.15, 0.2) is 5.82 Å². The van der Waals surface area contributed by atoms with Gasteiger partial charge < -0.3 is 0 Å². The number of aromatic nitrogens is 3. The highest BCUT2D eigenvalue weighted by Gasteiger charge is 2.27. The second kappa shape index (κ2) is 6.22. The Morgan fingerprint density at radius 3 is 2.96 bits per heavy atom. The van der Waals surface area contributed by atoms with E-state index in [2.05, 4.69) is 14.8 Å². The fourth-order valence-electron chi connectivity index (χ4n) is 2.77. The Balaban J connectivity index is 1.80. The summed E-state index contributed by atoms with van der Waals surface area (Å²) in [4.78, 5) is 4.67. The van der Waals surface area contributed by atoms with Crippen LogP contribution >= 0.6 is 11.6 Å². The molecule has 0 saturated carbocycles. The minimum atomic E-state index is -3.61. The molecule has 23 heavy (non-hydrogen) atoms. The lowest BCUT2D eigenvalue weighted by atomic mass is 10.1. The molecule has 1 aromatic carbocycles. The van der Waals surface area contributed by atoms with E-state index in [1.807, 2.05) is 6.92 Å². The number of aryl methyl sites for hydroxylation is 2. The van der Waals surface area contributed by atoms with Crippen molar-refractivity contribution in [1.29, 1.82) is 0 Å². The second-order valence-electron chi connectivity index (χ2n) is 5.70. The van der Waals surface area contributed by atoms with Crippen molar-refractivity contribution in [3.8, 4) is 0 Å². The van der Waals surface area contributed by atoms with E-state index in [4.69, 9.17) is 11.6 Å². The van der Waals surface area contributed by atoms with Crippen LogP contribution in [-0.2, 0) is 29.4 Å². The molecule has 1 aliphatic rings. The fraction of sp³-hybridized carbons (Fsp3) is 0.467. The average Bonchev–Trinajstić information content (AvgIpc) is 2.91. The maximum atomic E-state index is 12.6. The summed E-state index contributed by atoms with van der Waals surface area (Å²) in [5.41, 5.74) is 0.562. The molecule has 2 heterocycles. The first-order chi connectivity index (χ1) is 10.9. The Labute approximate surface area is 140 Å². The smallest absolute Gasteiger partial charge is 0.241 e. The molecule has 0 spiro atoms. The van der Waals surface area contributed by atoms with E-state index < -0.39 is 10.0 Å². The Hall–Kier alpha value is -1.44. The molecule has 0 radical (unpaired) electrons. The van der Waals surface area contributed by atoms with Crippen molar-refractivity contribution >= 4 is 21.6 Å². The van der Waals surface area contributed by atoms with Gasteiger partial charge in [-0.3, -0.25) is 0 Å². The molecule has 0 fully saturated rings. The molecule has 0 unspecified atom stereocenters. The summed E-state index contributed by atoms with van der Waals surface area (Å²) in [6.45, 7) is 4.21. The summed E-state index contributed by atoms with van der Waals surface area (Å²) < 4.78 is 29.8. The summed E-state index contributed by atoms with van der Waals surface area (Å²) in [7, 11) is -3.61. The van der Waals surface area contributed by atoms with E-state index in [1.54, 1.807) is 29.8 Å². The van der Waals surface area contributed by atoms with Crippen molar-refractivity contribution in [2.75, 3.05) is 0 Å². The summed E-state index contributed by atoms with van der Waals surface area (Å²) in [6, 6.07) is 4.71. The molecular weight excluding hydrogens is 336 g/mol. The van der Waals surface area contributed by atoms with Crippen LogP contribution in [0.25, 0.3) is 0 Å². The van der Waals surface area contributed by atoms with E-state index in [9.17, 15) is 8.42 Å². The monoisotopic (exact) mass is 354 g/mol. The second-order valence-corrected chi connectivity index (χ2v) is 7.79. The Morgan fingerprint density at radius 1 is 1.43 bits per heavy atom. The van der Waals surface area contributed by atoms with Crippen LogP contribution in [0.3, 0.4) is 0 Å². The fourth-order valence-corrected chi connectivity index (χ4v) is 4.53. The van der Waals surface area contributed by atoms with Crippen LogP contribution in [0.4, 0.5) is 0 Å². The van der Waals surface area contributed by atoms with Gasteiger partial charge >= 0.3 is 0 Å². The number of nitrogens with one attached hydrogen (secondary N) is 1. The Kier molecular flexibility index (Phi) is 4.44. The molecule has 0 amide bonds. The summed E-state index contributed by atoms with van der Waals surface area (Å²) in [5, 5.41) is 4.85. The van der Waals surface area contributed by atoms with E-state index >= 15 is 0 Å². The molecule has 6 nitrogen and oxygen atoms in total. The van der Waals surface area contributed by atoms with Gasteiger partial charge in [0.1, 0.15) is 5.82 Å². The number of hydrogen-bond acceptors (Lipinski definition) is 4. The Bertz CT molecular complexity index is 832. The molecule has 0 bridgehead atoms. The number of fused-ring (bicyclic) bond motifs is 1. The zero-order valence-corrected chi connectivity index (χ0v) is 14.7. The van der Waals surface area contributed by atoms with Gasteiger partial charge in [0.2, 0.25) is 10.0 Å². The van der Waals surface area contributed by atoms with Crippen molar-refractivity contribution in [2.24, 2.45) is 0 Å². The lowest BCUT2D eigenvalue weighted by Crippen LogP contribution is -2.41. The predicted molar refractivity (Wildman–Crippen MR) is 88.0 cm³/mol. The Morgan fingerprint density at radius 2 is 2.22 bits per heavy atom. The van der Waals surface area contributed by atoms with Crippen molar-refractivity contribution in [1.82, 2.24) is 19.5 Å². The summed E-state index contributed by atoms with van der Waals surface area (Å²) in [5.74, 6) is 1.73. The van der Waals surface area contributed by atoms with E-state index in [0.717, 1.165) is 18.1 Å². The number of halogens is 1. The van der Waals surface area contributed by atoms with Crippen LogP contribution in [0.2, 0.25) is 5.02 Å². The standard InChI is InChI=1S/C15H19ClN4O2S/c1-3-14-17-15-8-7-11(9-20(15)18-14)19-23(21,22)13-6-4-5-12(16)10(13)2/h4-6,11,19H,3,7-9H2,1-2H3/t11-/m1/s1. The molecule has 0 aliphatic carbocycles. The molecule has 8 heteroatoms. The van der Waals surface area contributed by atoms with Crippen LogP contribution < -0.4 is 4.72 Å². The lowest BCUT2D eigenvalue weighted by Gasteiger charge is -2.23. The van der Waals surface area contributed by atoms with Crippen molar-refractivity contribution < 1.29 is 8.42 Å². The van der Waals surface area contributed by atoms with Crippen molar-refractivity contribution in [2.45, 2.75) is 50.6 Å². The van der Waals surface area contributed by atoms with Gasteiger partial charge in [-0.1, -0.05) is 24.6 Å². The number of benzene rings is 1. The van der Waals surface area contributed by atoms with Gasteiger partial charge in [-0.25, -0.2) is 22.8 Å². The van der Waals surface area contributed by atoms with Crippen molar-refractivity contribution in [3.05, 3.63) is 40.4 Å². The number of sulfonamides is 1. The van der Waals surface area contributed by atoms with E-state index in [1.165, 1.54) is 0 Å². The van der Waals surface area contributed by atoms with Crippen LogP contribution in [-0.4, -0.2) is 29.2 Å². The molecule has 1 aliphatic heterocycles. The molecular formula is C15H19ClN4O2S. The molecule has 1 aromatic heterocycles. The molecule has 3 rings (SSSR count). The third-order valence-corrected chi connectivity index (χ3v) is 6.12. The first-order valence-corrected chi connectivity index (χ1v) is 9.47. The topological polar surface area (TPSA) is 76.9 Å². The highest BCUT2D eigenvalue weighted by atomic mass is 35.5. The number of rotatable bonds is 4. The minimum Gasteiger partial charge on any atom is -0.248 e. The van der Waals surface area contributed by atoms with Gasteiger partial charge in [0.25, 0.3) is 0 Å². The maximum absolute atomic E-state index is 12.6. The molecule has 124 valence electrons. The third-order valence-electron chi connectivity index (χ3n) is 4.05. The number of hydrogen-bond donors (Lipinski definition) is 1. The minimum absolute atomic E-state index is 0.197. The van der Waals surface area contributed by atoms with E-state index in [-0.39, 0.29) is 10.9 Å². The van der Waals surface area contributed by atoms with Crippen LogP contribution in [0.15, 0.2) is 23.1 Å². The predicted octanol–water partition coefficient (Wildman–Crippen LogP) is 2.10. The van der Waals surface area contributed by atoms with Crippen molar-refractivity contribution in [3.63, 3.8) is 0 Å². The first-order valence-electron chi connectivity index (χ1n) is 7.60. The lowest BCUT2D eigenvalue weighted by molar-refractivity contribution is 0.394. The van der Waals surface area contributed by atoms with Crippen LogP contribution in [0.1, 0.15) is 30.6 Å². The summed E-state index contributed by atoms with van der Waals surface area (Å²) >= 11 is 6.03. The average molecular weight is 355 g/mol. The first kappa shape index (κ1) is 16.4. The zero-order valence-electron chi connectivity index (χ0n) is 13.1. The number of nitrogens with zero attached hydrogens (tertiary/aromatic N) is 3. The highest BCUT2D eigenvalue weighted by molar-refractivity contribution is 7.89. The van der Waals surface area contributed by atoms with Gasteiger partial charge in [-0.05, 0) is 31.0 Å². The van der Waals surface area contributed by atoms with Gasteiger partial charge in [-0.15, -0.1) is 0 Å². The molecule has 0 saturated heterocycles. The molecule has 2 aromatic rings. The highest BCUT2D eigenvalue weighted by Crippen LogP contribution is 2.24. The van der Waals surface area contributed by atoms with Crippen LogP contribution in [0, 0.1) is 6.92 Å². The van der Waals surface area contributed by atoms with Crippen LogP contribution in [0.5, 0.6) is 0 Å². The van der Waals surface area contributed by atoms with Gasteiger partial charge in [0.05, 0.1) is 11.4 Å².